The van der Waals surface area contributed by atoms with Crippen molar-refractivity contribution in [3.05, 3.63) is 42.7 Å². The van der Waals surface area contributed by atoms with Crippen LogP contribution in [0.5, 0.6) is 0 Å². The summed E-state index contributed by atoms with van der Waals surface area (Å²) in [4.78, 5) is 2.45. The molecule has 4 heteroatoms. The summed E-state index contributed by atoms with van der Waals surface area (Å²) in [6.45, 7) is 5.79. The molecule has 1 fully saturated rings. The zero-order valence-corrected chi connectivity index (χ0v) is 13.0. The summed E-state index contributed by atoms with van der Waals surface area (Å²) >= 11 is 0. The van der Waals surface area contributed by atoms with Crippen LogP contribution < -0.4 is 5.32 Å². The Hall–Kier alpha value is -1.81. The van der Waals surface area contributed by atoms with Crippen LogP contribution in [0.4, 0.5) is 5.69 Å². The van der Waals surface area contributed by atoms with Crippen molar-refractivity contribution in [1.82, 2.24) is 14.7 Å². The third-order valence-corrected chi connectivity index (χ3v) is 4.58. The van der Waals surface area contributed by atoms with Gasteiger partial charge < -0.3 is 10.2 Å². The van der Waals surface area contributed by atoms with E-state index in [2.05, 4.69) is 60.5 Å². The summed E-state index contributed by atoms with van der Waals surface area (Å²) in [6.07, 6.45) is 4.96. The first-order chi connectivity index (χ1) is 10.1. The number of anilines is 1. The standard InChI is InChI=1S/C17H24N4/c1-13-12-20(3)14(2)10-17(13)19-15-6-4-7-16(11-15)21-9-5-8-18-21/h4-9,11,13-14,17,19H,10,12H2,1-3H3. The predicted octanol–water partition coefficient (Wildman–Crippen LogP) is 3.01. The second-order valence-corrected chi connectivity index (χ2v) is 6.25. The third-order valence-electron chi connectivity index (χ3n) is 4.58. The zero-order chi connectivity index (χ0) is 14.8. The minimum Gasteiger partial charge on any atom is -0.382 e. The van der Waals surface area contributed by atoms with Gasteiger partial charge >= 0.3 is 0 Å². The van der Waals surface area contributed by atoms with E-state index >= 15 is 0 Å². The average Bonchev–Trinajstić information content (AvgIpc) is 2.99. The number of benzene rings is 1. The summed E-state index contributed by atoms with van der Waals surface area (Å²) in [6, 6.07) is 11.6. The molecule has 1 N–H and O–H groups in total. The minimum absolute atomic E-state index is 0.532. The Morgan fingerprint density at radius 3 is 2.86 bits per heavy atom. The van der Waals surface area contributed by atoms with Crippen molar-refractivity contribution in [3.8, 4) is 5.69 Å². The molecular weight excluding hydrogens is 260 g/mol. The summed E-state index contributed by atoms with van der Waals surface area (Å²) in [7, 11) is 2.22. The van der Waals surface area contributed by atoms with Crippen molar-refractivity contribution in [3.63, 3.8) is 0 Å². The van der Waals surface area contributed by atoms with Gasteiger partial charge in [0.2, 0.25) is 0 Å². The predicted molar refractivity (Wildman–Crippen MR) is 86.8 cm³/mol. The number of likely N-dealkylation sites (tertiary alicyclic amines) is 1. The van der Waals surface area contributed by atoms with Gasteiger partial charge in [-0.15, -0.1) is 0 Å². The molecule has 0 aliphatic carbocycles. The molecule has 1 aromatic carbocycles. The Labute approximate surface area is 126 Å². The van der Waals surface area contributed by atoms with Crippen molar-refractivity contribution < 1.29 is 0 Å². The lowest BCUT2D eigenvalue weighted by Crippen LogP contribution is -2.48. The highest BCUT2D eigenvalue weighted by atomic mass is 15.3. The van der Waals surface area contributed by atoms with Crippen LogP contribution in [0.15, 0.2) is 42.7 Å². The highest BCUT2D eigenvalue weighted by Gasteiger charge is 2.28. The van der Waals surface area contributed by atoms with Crippen LogP contribution in [0.1, 0.15) is 20.3 Å². The van der Waals surface area contributed by atoms with E-state index in [-0.39, 0.29) is 0 Å². The average molecular weight is 284 g/mol. The quantitative estimate of drug-likeness (QED) is 0.940. The van der Waals surface area contributed by atoms with Gasteiger partial charge in [-0.25, -0.2) is 4.68 Å². The summed E-state index contributed by atoms with van der Waals surface area (Å²) in [5.41, 5.74) is 2.27. The first kappa shape index (κ1) is 14.1. The Morgan fingerprint density at radius 2 is 2.10 bits per heavy atom. The Morgan fingerprint density at radius 1 is 1.24 bits per heavy atom. The number of nitrogens with one attached hydrogen (secondary N) is 1. The fourth-order valence-electron chi connectivity index (χ4n) is 3.12. The number of nitrogens with zero attached hydrogens (tertiary/aromatic N) is 3. The molecule has 0 spiro atoms. The molecule has 2 heterocycles. The number of hydrogen-bond acceptors (Lipinski definition) is 3. The lowest BCUT2D eigenvalue weighted by atomic mass is 9.89. The Kier molecular flexibility index (Phi) is 3.97. The summed E-state index contributed by atoms with van der Waals surface area (Å²) in [5.74, 6) is 0.652. The van der Waals surface area contributed by atoms with Gasteiger partial charge in [-0.1, -0.05) is 13.0 Å². The van der Waals surface area contributed by atoms with Crippen LogP contribution in [-0.4, -0.2) is 40.4 Å². The molecule has 1 aliphatic rings. The van der Waals surface area contributed by atoms with E-state index in [1.165, 1.54) is 12.1 Å². The molecule has 2 aromatic rings. The number of hydrogen-bond donors (Lipinski definition) is 1. The van der Waals surface area contributed by atoms with E-state index in [0.717, 1.165) is 12.2 Å². The van der Waals surface area contributed by atoms with Gasteiger partial charge in [0.15, 0.2) is 0 Å². The van der Waals surface area contributed by atoms with Crippen LogP contribution >= 0.6 is 0 Å². The summed E-state index contributed by atoms with van der Waals surface area (Å²) < 4.78 is 1.89. The topological polar surface area (TPSA) is 33.1 Å². The maximum Gasteiger partial charge on any atom is 0.0666 e. The van der Waals surface area contributed by atoms with E-state index in [0.29, 0.717) is 18.0 Å². The SMILES string of the molecule is CC1CN(C)C(C)CC1Nc1cccc(-n2cccn2)c1. The Bertz CT molecular complexity index is 578. The largest absolute Gasteiger partial charge is 0.382 e. The lowest BCUT2D eigenvalue weighted by molar-refractivity contribution is 0.145. The molecule has 1 saturated heterocycles. The molecule has 0 amide bonds. The Balaban J connectivity index is 1.74. The smallest absolute Gasteiger partial charge is 0.0666 e. The maximum atomic E-state index is 4.29. The van der Waals surface area contributed by atoms with Crippen molar-refractivity contribution in [2.24, 2.45) is 5.92 Å². The van der Waals surface area contributed by atoms with E-state index in [1.807, 2.05) is 16.9 Å². The molecule has 1 aliphatic heterocycles. The highest BCUT2D eigenvalue weighted by Crippen LogP contribution is 2.25. The van der Waals surface area contributed by atoms with Crippen molar-refractivity contribution in [2.45, 2.75) is 32.4 Å². The van der Waals surface area contributed by atoms with Crippen molar-refractivity contribution in [2.75, 3.05) is 18.9 Å². The van der Waals surface area contributed by atoms with Crippen LogP contribution in [-0.2, 0) is 0 Å². The van der Waals surface area contributed by atoms with Crippen LogP contribution in [0.25, 0.3) is 5.69 Å². The first-order valence-electron chi connectivity index (χ1n) is 7.70. The van der Waals surface area contributed by atoms with Crippen molar-refractivity contribution >= 4 is 5.69 Å². The van der Waals surface area contributed by atoms with Gasteiger partial charge in [0.25, 0.3) is 0 Å². The number of aromatic nitrogens is 2. The van der Waals surface area contributed by atoms with E-state index in [1.54, 1.807) is 6.20 Å². The van der Waals surface area contributed by atoms with Crippen LogP contribution in [0.2, 0.25) is 0 Å². The van der Waals surface area contributed by atoms with Crippen LogP contribution in [0.3, 0.4) is 0 Å². The molecule has 0 radical (unpaired) electrons. The van der Waals surface area contributed by atoms with Gasteiger partial charge in [-0.2, -0.15) is 5.10 Å². The van der Waals surface area contributed by atoms with Gasteiger partial charge in [0.05, 0.1) is 5.69 Å². The monoisotopic (exact) mass is 284 g/mol. The minimum atomic E-state index is 0.532. The number of rotatable bonds is 3. The van der Waals surface area contributed by atoms with Gasteiger partial charge in [0, 0.05) is 36.7 Å². The molecule has 4 nitrogen and oxygen atoms in total. The molecule has 3 rings (SSSR count). The van der Waals surface area contributed by atoms with Gasteiger partial charge in [0.1, 0.15) is 0 Å². The van der Waals surface area contributed by atoms with E-state index < -0.39 is 0 Å². The van der Waals surface area contributed by atoms with Gasteiger partial charge in [-0.3, -0.25) is 0 Å². The fourth-order valence-corrected chi connectivity index (χ4v) is 3.12. The van der Waals surface area contributed by atoms with E-state index in [9.17, 15) is 0 Å². The second-order valence-electron chi connectivity index (χ2n) is 6.25. The fraction of sp³-hybridized carbons (Fsp3) is 0.471. The maximum absolute atomic E-state index is 4.29. The van der Waals surface area contributed by atoms with Gasteiger partial charge in [-0.05, 0) is 50.6 Å². The van der Waals surface area contributed by atoms with Crippen molar-refractivity contribution in [1.29, 1.82) is 0 Å². The molecule has 3 atom stereocenters. The number of piperidine rings is 1. The molecule has 0 saturated carbocycles. The molecular formula is C17H24N4. The zero-order valence-electron chi connectivity index (χ0n) is 13.0. The van der Waals surface area contributed by atoms with Crippen LogP contribution in [0, 0.1) is 5.92 Å². The first-order valence-corrected chi connectivity index (χ1v) is 7.70. The molecule has 0 bridgehead atoms. The normalized spacial score (nSPS) is 26.7. The molecule has 112 valence electrons. The van der Waals surface area contributed by atoms with E-state index in [4.69, 9.17) is 0 Å². The molecule has 21 heavy (non-hydrogen) atoms. The molecule has 1 aromatic heterocycles. The lowest BCUT2D eigenvalue weighted by Gasteiger charge is -2.40. The highest BCUT2D eigenvalue weighted by molar-refractivity contribution is 5.51. The second kappa shape index (κ2) is 5.90. The third kappa shape index (κ3) is 3.10. The molecule has 3 unspecified atom stereocenters. The summed E-state index contributed by atoms with van der Waals surface area (Å²) in [5, 5.41) is 8.01.